The zero-order valence-electron chi connectivity index (χ0n) is 11.5. The Labute approximate surface area is 124 Å². The number of benzene rings is 1. The Morgan fingerprint density at radius 2 is 2.05 bits per heavy atom. The molecule has 0 aliphatic rings. The molecule has 0 bridgehead atoms. The molecule has 0 saturated heterocycles. The fourth-order valence-electron chi connectivity index (χ4n) is 1.94. The van der Waals surface area contributed by atoms with Gasteiger partial charge < -0.3 is 10.6 Å². The highest BCUT2D eigenvalue weighted by Crippen LogP contribution is 2.29. The van der Waals surface area contributed by atoms with Crippen LogP contribution in [0.4, 0.5) is 0 Å². The third-order valence-electron chi connectivity index (χ3n) is 3.26. The van der Waals surface area contributed by atoms with E-state index in [0.717, 1.165) is 12.0 Å². The molecule has 0 heterocycles. The minimum Gasteiger partial charge on any atom is -0.338 e. The fourth-order valence-corrected chi connectivity index (χ4v) is 2.50. The molecule has 2 unspecified atom stereocenters. The van der Waals surface area contributed by atoms with Crippen LogP contribution >= 0.6 is 23.2 Å². The SMILES string of the molecule is CCCC(N)C(=O)N(C)C(C)c1ccc(Cl)cc1Cl. The summed E-state index contributed by atoms with van der Waals surface area (Å²) in [6, 6.07) is 4.69. The van der Waals surface area contributed by atoms with Crippen molar-refractivity contribution in [3.8, 4) is 0 Å². The first kappa shape index (κ1) is 16.3. The topological polar surface area (TPSA) is 46.3 Å². The number of likely N-dealkylation sites (N-methyl/N-ethyl adjacent to an activating group) is 1. The standard InChI is InChI=1S/C14H20Cl2N2O/c1-4-5-13(17)14(19)18(3)9(2)11-7-6-10(15)8-12(11)16/h6-9,13H,4-5,17H2,1-3H3. The summed E-state index contributed by atoms with van der Waals surface area (Å²) in [4.78, 5) is 13.8. The largest absolute Gasteiger partial charge is 0.338 e. The van der Waals surface area contributed by atoms with Crippen molar-refractivity contribution in [2.75, 3.05) is 7.05 Å². The number of carbonyl (C=O) groups excluding carboxylic acids is 1. The molecule has 0 radical (unpaired) electrons. The number of carbonyl (C=O) groups is 1. The van der Waals surface area contributed by atoms with Crippen LogP contribution in [0.1, 0.15) is 38.3 Å². The zero-order chi connectivity index (χ0) is 14.6. The average Bonchev–Trinajstić information content (AvgIpc) is 2.36. The van der Waals surface area contributed by atoms with Gasteiger partial charge in [-0.3, -0.25) is 4.79 Å². The minimum absolute atomic E-state index is 0.0691. The second-order valence-electron chi connectivity index (χ2n) is 4.69. The number of amides is 1. The maximum absolute atomic E-state index is 12.2. The van der Waals surface area contributed by atoms with Crippen molar-refractivity contribution >= 4 is 29.1 Å². The number of nitrogens with two attached hydrogens (primary N) is 1. The van der Waals surface area contributed by atoms with Crippen LogP contribution in [0.3, 0.4) is 0 Å². The van der Waals surface area contributed by atoms with Gasteiger partial charge in [0.1, 0.15) is 0 Å². The van der Waals surface area contributed by atoms with Crippen LogP contribution in [-0.2, 0) is 4.79 Å². The third kappa shape index (κ3) is 4.10. The number of hydrogen-bond donors (Lipinski definition) is 1. The Kier molecular flexibility index (Phi) is 6.11. The Morgan fingerprint density at radius 3 is 2.58 bits per heavy atom. The molecule has 1 aromatic carbocycles. The zero-order valence-corrected chi connectivity index (χ0v) is 13.0. The molecule has 1 rings (SSSR count). The smallest absolute Gasteiger partial charge is 0.239 e. The first-order valence-electron chi connectivity index (χ1n) is 6.35. The van der Waals surface area contributed by atoms with Gasteiger partial charge in [0.15, 0.2) is 0 Å². The second kappa shape index (κ2) is 7.13. The Hall–Kier alpha value is -0.770. The summed E-state index contributed by atoms with van der Waals surface area (Å²) < 4.78 is 0. The van der Waals surface area contributed by atoms with Gasteiger partial charge in [0.05, 0.1) is 12.1 Å². The molecule has 1 aromatic rings. The van der Waals surface area contributed by atoms with E-state index in [4.69, 9.17) is 28.9 Å². The highest BCUT2D eigenvalue weighted by Gasteiger charge is 2.23. The fraction of sp³-hybridized carbons (Fsp3) is 0.500. The van der Waals surface area contributed by atoms with Gasteiger partial charge in [0.25, 0.3) is 0 Å². The van der Waals surface area contributed by atoms with Gasteiger partial charge in [-0.1, -0.05) is 42.6 Å². The molecule has 2 atom stereocenters. The highest BCUT2D eigenvalue weighted by atomic mass is 35.5. The molecule has 0 aliphatic heterocycles. The van der Waals surface area contributed by atoms with E-state index >= 15 is 0 Å². The van der Waals surface area contributed by atoms with Crippen LogP contribution in [0.25, 0.3) is 0 Å². The molecule has 5 heteroatoms. The van der Waals surface area contributed by atoms with Crippen LogP contribution in [0.15, 0.2) is 18.2 Å². The number of nitrogens with zero attached hydrogens (tertiary/aromatic N) is 1. The molecule has 0 fully saturated rings. The van der Waals surface area contributed by atoms with Crippen LogP contribution in [0.5, 0.6) is 0 Å². The number of rotatable bonds is 5. The van der Waals surface area contributed by atoms with E-state index in [2.05, 4.69) is 0 Å². The van der Waals surface area contributed by atoms with Crippen molar-refractivity contribution in [3.63, 3.8) is 0 Å². The molecule has 3 nitrogen and oxygen atoms in total. The maximum atomic E-state index is 12.2. The van der Waals surface area contributed by atoms with Gasteiger partial charge >= 0.3 is 0 Å². The number of halogens is 2. The average molecular weight is 303 g/mol. The van der Waals surface area contributed by atoms with E-state index < -0.39 is 6.04 Å². The second-order valence-corrected chi connectivity index (χ2v) is 5.53. The van der Waals surface area contributed by atoms with E-state index in [1.807, 2.05) is 19.9 Å². The summed E-state index contributed by atoms with van der Waals surface area (Å²) >= 11 is 12.0. The van der Waals surface area contributed by atoms with E-state index in [-0.39, 0.29) is 11.9 Å². The quantitative estimate of drug-likeness (QED) is 0.902. The third-order valence-corrected chi connectivity index (χ3v) is 3.82. The minimum atomic E-state index is -0.455. The van der Waals surface area contributed by atoms with Crippen LogP contribution in [-0.4, -0.2) is 23.9 Å². The summed E-state index contributed by atoms with van der Waals surface area (Å²) in [5, 5.41) is 1.14. The normalized spacial score (nSPS) is 14.0. The molecule has 0 aromatic heterocycles. The predicted octanol–water partition coefficient (Wildman–Crippen LogP) is 3.64. The van der Waals surface area contributed by atoms with Crippen molar-refractivity contribution in [3.05, 3.63) is 33.8 Å². The first-order chi connectivity index (χ1) is 8.88. The maximum Gasteiger partial charge on any atom is 0.239 e. The summed E-state index contributed by atoms with van der Waals surface area (Å²) in [6.07, 6.45) is 1.57. The van der Waals surface area contributed by atoms with Crippen LogP contribution < -0.4 is 5.73 Å². The summed E-state index contributed by atoms with van der Waals surface area (Å²) in [6.45, 7) is 3.93. The van der Waals surface area contributed by atoms with Gasteiger partial charge in [-0.15, -0.1) is 0 Å². The van der Waals surface area contributed by atoms with Gasteiger partial charge in [-0.25, -0.2) is 0 Å². The van der Waals surface area contributed by atoms with E-state index in [1.54, 1.807) is 24.1 Å². The highest BCUT2D eigenvalue weighted by molar-refractivity contribution is 6.35. The molecule has 1 amide bonds. The Balaban J connectivity index is 2.87. The molecular formula is C14H20Cl2N2O. The van der Waals surface area contributed by atoms with Crippen molar-refractivity contribution < 1.29 is 4.79 Å². The van der Waals surface area contributed by atoms with Crippen molar-refractivity contribution in [1.29, 1.82) is 0 Å². The summed E-state index contributed by atoms with van der Waals surface area (Å²) in [5.74, 6) is -0.0691. The van der Waals surface area contributed by atoms with Crippen LogP contribution in [0, 0.1) is 0 Å². The van der Waals surface area contributed by atoms with Crippen molar-refractivity contribution in [2.24, 2.45) is 5.73 Å². The lowest BCUT2D eigenvalue weighted by Gasteiger charge is -2.28. The van der Waals surface area contributed by atoms with Crippen molar-refractivity contribution in [1.82, 2.24) is 4.90 Å². The van der Waals surface area contributed by atoms with Gasteiger partial charge in [0.2, 0.25) is 5.91 Å². The molecule has 2 N–H and O–H groups in total. The van der Waals surface area contributed by atoms with Gasteiger partial charge in [0, 0.05) is 17.1 Å². The lowest BCUT2D eigenvalue weighted by Crippen LogP contribution is -2.42. The molecular weight excluding hydrogens is 283 g/mol. The molecule has 0 spiro atoms. The van der Waals surface area contributed by atoms with E-state index in [9.17, 15) is 4.79 Å². The molecule has 0 saturated carbocycles. The molecule has 106 valence electrons. The van der Waals surface area contributed by atoms with E-state index in [0.29, 0.717) is 16.5 Å². The predicted molar refractivity (Wildman–Crippen MR) is 80.5 cm³/mol. The van der Waals surface area contributed by atoms with E-state index in [1.165, 1.54) is 0 Å². The number of hydrogen-bond acceptors (Lipinski definition) is 2. The summed E-state index contributed by atoms with van der Waals surface area (Å²) in [5.41, 5.74) is 6.73. The van der Waals surface area contributed by atoms with Gasteiger partial charge in [-0.2, -0.15) is 0 Å². The van der Waals surface area contributed by atoms with Gasteiger partial charge in [-0.05, 0) is 31.0 Å². The summed E-state index contributed by atoms with van der Waals surface area (Å²) in [7, 11) is 1.74. The molecule has 0 aliphatic carbocycles. The van der Waals surface area contributed by atoms with Crippen LogP contribution in [0.2, 0.25) is 10.0 Å². The first-order valence-corrected chi connectivity index (χ1v) is 7.11. The Bertz CT molecular complexity index is 451. The lowest BCUT2D eigenvalue weighted by molar-refractivity contribution is -0.133. The lowest BCUT2D eigenvalue weighted by atomic mass is 10.1. The van der Waals surface area contributed by atoms with Crippen molar-refractivity contribution in [2.45, 2.75) is 38.8 Å². The Morgan fingerprint density at radius 1 is 1.42 bits per heavy atom. The monoisotopic (exact) mass is 302 g/mol. The molecule has 19 heavy (non-hydrogen) atoms.